The average Bonchev–Trinajstić information content (AvgIpc) is 3.01. The van der Waals surface area contributed by atoms with Crippen LogP contribution in [0.2, 0.25) is 0 Å². The van der Waals surface area contributed by atoms with Crippen molar-refractivity contribution >= 4 is 17.5 Å². The highest BCUT2D eigenvalue weighted by Crippen LogP contribution is 2.28. The maximum absolute atomic E-state index is 13.5. The molecule has 0 aliphatic carbocycles. The molecule has 0 atom stereocenters. The molecule has 42 heavy (non-hydrogen) atoms. The first kappa shape index (κ1) is 30.7. The van der Waals surface area contributed by atoms with E-state index in [0.29, 0.717) is 18.2 Å². The summed E-state index contributed by atoms with van der Waals surface area (Å²) in [5.74, 6) is -0.00935. The molecule has 5 rings (SSSR count). The molecule has 3 aliphatic heterocycles. The Hall–Kier alpha value is -2.74. The molecule has 1 N–H and O–H groups in total. The van der Waals surface area contributed by atoms with Crippen molar-refractivity contribution in [1.82, 2.24) is 15.1 Å². The fourth-order valence-corrected chi connectivity index (χ4v) is 6.84. The minimum absolute atomic E-state index is 0.0626. The van der Waals surface area contributed by atoms with Gasteiger partial charge in [-0.15, -0.1) is 0 Å². The highest BCUT2D eigenvalue weighted by atomic mass is 16.5. The lowest BCUT2D eigenvalue weighted by Gasteiger charge is -2.36. The zero-order valence-corrected chi connectivity index (χ0v) is 25.6. The van der Waals surface area contributed by atoms with E-state index in [1.165, 1.54) is 57.2 Å². The van der Waals surface area contributed by atoms with Crippen molar-refractivity contribution in [2.75, 3.05) is 44.3 Å². The van der Waals surface area contributed by atoms with Gasteiger partial charge in [-0.1, -0.05) is 49.9 Å². The van der Waals surface area contributed by atoms with Crippen LogP contribution in [0.25, 0.3) is 0 Å². The highest BCUT2D eigenvalue weighted by Gasteiger charge is 2.25. The number of rotatable bonds is 6. The lowest BCUT2D eigenvalue weighted by Crippen LogP contribution is -2.40. The van der Waals surface area contributed by atoms with Crippen LogP contribution in [-0.2, 0) is 29.2 Å². The predicted octanol–water partition coefficient (Wildman–Crippen LogP) is 5.90. The van der Waals surface area contributed by atoms with Gasteiger partial charge in [-0.05, 0) is 93.0 Å². The van der Waals surface area contributed by atoms with Crippen molar-refractivity contribution in [2.24, 2.45) is 0 Å². The summed E-state index contributed by atoms with van der Waals surface area (Å²) in [6.07, 6.45) is 11.7. The number of nitrogens with one attached hydrogen (secondary N) is 1. The second kappa shape index (κ2) is 15.6. The maximum Gasteiger partial charge on any atom is 0.251 e. The van der Waals surface area contributed by atoms with E-state index in [0.717, 1.165) is 81.9 Å². The fraction of sp³-hybridized carbons (Fsp3) is 0.600. The van der Waals surface area contributed by atoms with E-state index >= 15 is 0 Å². The summed E-state index contributed by atoms with van der Waals surface area (Å²) in [5, 5.41) is 3.17. The summed E-state index contributed by atoms with van der Waals surface area (Å²) < 4.78 is 5.67. The fourth-order valence-electron chi connectivity index (χ4n) is 6.84. The molecule has 7 nitrogen and oxygen atoms in total. The normalized spacial score (nSPS) is 20.3. The zero-order valence-electron chi connectivity index (χ0n) is 25.6. The largest absolute Gasteiger partial charge is 0.381 e. The Morgan fingerprint density at radius 2 is 1.52 bits per heavy atom. The van der Waals surface area contributed by atoms with Crippen molar-refractivity contribution in [3.63, 3.8) is 0 Å². The van der Waals surface area contributed by atoms with Crippen LogP contribution in [0.15, 0.2) is 42.5 Å². The summed E-state index contributed by atoms with van der Waals surface area (Å²) in [6.45, 7) is 9.58. The van der Waals surface area contributed by atoms with Gasteiger partial charge in [-0.3, -0.25) is 19.4 Å². The van der Waals surface area contributed by atoms with E-state index in [9.17, 15) is 9.59 Å². The van der Waals surface area contributed by atoms with Crippen LogP contribution in [-0.4, -0.2) is 67.0 Å². The lowest BCUT2D eigenvalue weighted by atomic mass is 10.0. The Balaban J connectivity index is 1.32. The van der Waals surface area contributed by atoms with Crippen LogP contribution < -0.4 is 10.2 Å². The van der Waals surface area contributed by atoms with Crippen LogP contribution in [0.1, 0.15) is 98.2 Å². The number of piperidine rings is 1. The van der Waals surface area contributed by atoms with E-state index < -0.39 is 0 Å². The molecule has 2 aromatic rings. The second-order valence-electron chi connectivity index (χ2n) is 12.4. The van der Waals surface area contributed by atoms with E-state index in [4.69, 9.17) is 4.74 Å². The van der Waals surface area contributed by atoms with Gasteiger partial charge in [0.15, 0.2) is 0 Å². The van der Waals surface area contributed by atoms with Crippen LogP contribution in [0.3, 0.4) is 0 Å². The van der Waals surface area contributed by atoms with Crippen molar-refractivity contribution in [1.29, 1.82) is 0 Å². The number of hydrogen-bond acceptors (Lipinski definition) is 5. The molecule has 0 unspecified atom stereocenters. The molecule has 2 saturated heterocycles. The SMILES string of the molecule is CC(=O)N1CCCCCCCN(C2CCOCC2)Cc2cc(C(=O)NCc3cccc(CN4CCCCC4)c3)ccc21. The molecule has 2 aromatic carbocycles. The van der Waals surface area contributed by atoms with E-state index in [1.807, 2.05) is 23.1 Å². The third-order valence-electron chi connectivity index (χ3n) is 9.22. The van der Waals surface area contributed by atoms with Crippen molar-refractivity contribution < 1.29 is 14.3 Å². The van der Waals surface area contributed by atoms with Gasteiger partial charge in [0.1, 0.15) is 0 Å². The van der Waals surface area contributed by atoms with Gasteiger partial charge in [0.05, 0.1) is 0 Å². The highest BCUT2D eigenvalue weighted by molar-refractivity contribution is 5.97. The zero-order chi connectivity index (χ0) is 29.1. The topological polar surface area (TPSA) is 65.1 Å². The van der Waals surface area contributed by atoms with Crippen LogP contribution >= 0.6 is 0 Å². The number of carbonyl (C=O) groups excluding carboxylic acids is 2. The van der Waals surface area contributed by atoms with Crippen LogP contribution in [0.4, 0.5) is 5.69 Å². The van der Waals surface area contributed by atoms with Crippen molar-refractivity contribution in [2.45, 2.75) is 96.8 Å². The Bertz CT molecular complexity index is 1170. The van der Waals surface area contributed by atoms with Gasteiger partial charge in [0.25, 0.3) is 5.91 Å². The van der Waals surface area contributed by atoms with Gasteiger partial charge >= 0.3 is 0 Å². The molecule has 3 heterocycles. The number of benzene rings is 2. The smallest absolute Gasteiger partial charge is 0.251 e. The number of ether oxygens (including phenoxy) is 1. The standard InChI is InChI=1S/C35H50N4O3/c1-28(40)39-20-9-4-2-3-8-19-38(33-15-21-42-22-16-33)27-32-24-31(13-14-34(32)39)35(41)36-25-29-11-10-12-30(23-29)26-37-17-6-5-7-18-37/h10-14,23-24,33H,2-9,15-22,25-27H2,1H3,(H,36,41). The molecular weight excluding hydrogens is 524 g/mol. The van der Waals surface area contributed by atoms with Gasteiger partial charge in [0, 0.05) is 63.6 Å². The van der Waals surface area contributed by atoms with Crippen LogP contribution in [0, 0.1) is 0 Å². The molecular formula is C35H50N4O3. The van der Waals surface area contributed by atoms with Crippen molar-refractivity contribution in [3.05, 3.63) is 64.7 Å². The molecule has 7 heteroatoms. The first-order chi connectivity index (χ1) is 20.6. The van der Waals surface area contributed by atoms with E-state index in [2.05, 4.69) is 39.4 Å². The summed E-state index contributed by atoms with van der Waals surface area (Å²) >= 11 is 0. The molecule has 2 amide bonds. The van der Waals surface area contributed by atoms with Crippen molar-refractivity contribution in [3.8, 4) is 0 Å². The quantitative estimate of drug-likeness (QED) is 0.465. The number of likely N-dealkylation sites (tertiary alicyclic amines) is 1. The molecule has 0 aromatic heterocycles. The summed E-state index contributed by atoms with van der Waals surface area (Å²) in [7, 11) is 0. The summed E-state index contributed by atoms with van der Waals surface area (Å²) in [5.41, 5.74) is 5.09. The first-order valence-electron chi connectivity index (χ1n) is 16.4. The number of carbonyl (C=O) groups is 2. The number of amides is 2. The number of nitrogens with zero attached hydrogens (tertiary/aromatic N) is 3. The Morgan fingerprint density at radius 1 is 0.833 bits per heavy atom. The molecule has 228 valence electrons. The summed E-state index contributed by atoms with van der Waals surface area (Å²) in [6, 6.07) is 15.0. The molecule has 0 bridgehead atoms. The molecule has 0 saturated carbocycles. The Morgan fingerprint density at radius 3 is 2.31 bits per heavy atom. The Kier molecular flexibility index (Phi) is 11.4. The van der Waals surface area contributed by atoms with E-state index in [-0.39, 0.29) is 11.8 Å². The second-order valence-corrected chi connectivity index (χ2v) is 12.4. The number of fused-ring (bicyclic) bond motifs is 1. The monoisotopic (exact) mass is 574 g/mol. The molecule has 0 spiro atoms. The average molecular weight is 575 g/mol. The van der Waals surface area contributed by atoms with Gasteiger partial charge < -0.3 is 15.0 Å². The maximum atomic E-state index is 13.5. The Labute approximate surface area is 252 Å². The molecule has 0 radical (unpaired) electrons. The minimum Gasteiger partial charge on any atom is -0.381 e. The van der Waals surface area contributed by atoms with Gasteiger partial charge in [-0.25, -0.2) is 0 Å². The third kappa shape index (κ3) is 8.65. The molecule has 2 fully saturated rings. The minimum atomic E-state index is -0.0719. The number of anilines is 1. The van der Waals surface area contributed by atoms with E-state index in [1.54, 1.807) is 6.92 Å². The molecule has 3 aliphatic rings. The summed E-state index contributed by atoms with van der Waals surface area (Å²) in [4.78, 5) is 33.3. The van der Waals surface area contributed by atoms with Crippen LogP contribution in [0.5, 0.6) is 0 Å². The lowest BCUT2D eigenvalue weighted by molar-refractivity contribution is -0.116. The predicted molar refractivity (Wildman–Crippen MR) is 169 cm³/mol. The third-order valence-corrected chi connectivity index (χ3v) is 9.22. The number of hydrogen-bond donors (Lipinski definition) is 1. The van der Waals surface area contributed by atoms with Gasteiger partial charge in [0.2, 0.25) is 5.91 Å². The van der Waals surface area contributed by atoms with Gasteiger partial charge in [-0.2, -0.15) is 0 Å². The first-order valence-corrected chi connectivity index (χ1v) is 16.4.